The lowest BCUT2D eigenvalue weighted by atomic mass is 10.2. The summed E-state index contributed by atoms with van der Waals surface area (Å²) < 4.78 is 1.94. The highest BCUT2D eigenvalue weighted by atomic mass is 15.3. The Hall–Kier alpha value is -2.57. The van der Waals surface area contributed by atoms with Gasteiger partial charge in [0.25, 0.3) is 0 Å². The Balaban J connectivity index is 1.44. The Morgan fingerprint density at radius 3 is 2.74 bits per heavy atom. The van der Waals surface area contributed by atoms with Gasteiger partial charge in [-0.15, -0.1) is 0 Å². The summed E-state index contributed by atoms with van der Waals surface area (Å²) in [5.41, 5.74) is 1.23. The van der Waals surface area contributed by atoms with Crippen LogP contribution >= 0.6 is 0 Å². The van der Waals surface area contributed by atoms with Crippen LogP contribution in [-0.2, 0) is 13.1 Å². The molecule has 0 radical (unpaired) electrons. The molecular weight excluding hydrogens is 338 g/mol. The van der Waals surface area contributed by atoms with Crippen molar-refractivity contribution >= 4 is 11.8 Å². The highest BCUT2D eigenvalue weighted by Gasteiger charge is 2.11. The predicted octanol–water partition coefficient (Wildman–Crippen LogP) is 2.41. The number of guanidine groups is 1. The van der Waals surface area contributed by atoms with Crippen LogP contribution in [0.2, 0.25) is 0 Å². The number of hydrogen-bond acceptors (Lipinski definition) is 4. The monoisotopic (exact) mass is 369 g/mol. The first-order valence-corrected chi connectivity index (χ1v) is 9.97. The smallest absolute Gasteiger partial charge is 0.191 e. The molecule has 0 aromatic carbocycles. The molecule has 0 bridgehead atoms. The molecule has 0 aliphatic carbocycles. The molecule has 0 amide bonds. The molecule has 0 atom stereocenters. The molecule has 0 unspecified atom stereocenters. The van der Waals surface area contributed by atoms with Gasteiger partial charge in [-0.05, 0) is 43.0 Å². The van der Waals surface area contributed by atoms with Crippen molar-refractivity contribution in [2.24, 2.45) is 4.99 Å². The van der Waals surface area contributed by atoms with Crippen LogP contribution < -0.4 is 15.5 Å². The van der Waals surface area contributed by atoms with Gasteiger partial charge in [0.1, 0.15) is 5.82 Å². The number of rotatable bonds is 7. The van der Waals surface area contributed by atoms with Crippen molar-refractivity contribution in [2.45, 2.75) is 45.2 Å². The second-order valence-electron chi connectivity index (χ2n) is 6.90. The van der Waals surface area contributed by atoms with Crippen LogP contribution in [0.15, 0.2) is 41.8 Å². The van der Waals surface area contributed by atoms with Crippen molar-refractivity contribution in [3.8, 4) is 0 Å². The number of nitrogens with one attached hydrogen (secondary N) is 2. The van der Waals surface area contributed by atoms with Crippen LogP contribution in [0.4, 0.5) is 5.82 Å². The normalized spacial score (nSPS) is 15.4. The Morgan fingerprint density at radius 2 is 2.00 bits per heavy atom. The number of anilines is 1. The fourth-order valence-electron chi connectivity index (χ4n) is 3.33. The number of hydrogen-bond donors (Lipinski definition) is 2. The SMILES string of the molecule is CN=C(NCCCn1cccn1)NCc1ccnc(N2CCCCCC2)c1. The van der Waals surface area contributed by atoms with Crippen molar-refractivity contribution in [3.05, 3.63) is 42.4 Å². The van der Waals surface area contributed by atoms with E-state index in [1.165, 1.54) is 31.2 Å². The van der Waals surface area contributed by atoms with E-state index in [1.807, 2.05) is 29.3 Å². The zero-order valence-corrected chi connectivity index (χ0v) is 16.3. The molecule has 3 heterocycles. The molecule has 2 N–H and O–H groups in total. The van der Waals surface area contributed by atoms with Crippen LogP contribution in [0.5, 0.6) is 0 Å². The van der Waals surface area contributed by atoms with E-state index in [9.17, 15) is 0 Å². The minimum absolute atomic E-state index is 0.738. The van der Waals surface area contributed by atoms with Crippen LogP contribution in [0.25, 0.3) is 0 Å². The number of aromatic nitrogens is 3. The Kier molecular flexibility index (Phi) is 7.50. The topological polar surface area (TPSA) is 70.4 Å². The fourth-order valence-corrected chi connectivity index (χ4v) is 3.33. The molecule has 0 spiro atoms. The van der Waals surface area contributed by atoms with E-state index in [2.05, 4.69) is 42.7 Å². The van der Waals surface area contributed by atoms with Gasteiger partial charge >= 0.3 is 0 Å². The molecule has 27 heavy (non-hydrogen) atoms. The summed E-state index contributed by atoms with van der Waals surface area (Å²) in [6, 6.07) is 6.21. The minimum atomic E-state index is 0.738. The van der Waals surface area contributed by atoms with Crippen LogP contribution in [0, 0.1) is 0 Å². The summed E-state index contributed by atoms with van der Waals surface area (Å²) in [5.74, 6) is 1.92. The van der Waals surface area contributed by atoms with Gasteiger partial charge in [-0.1, -0.05) is 12.8 Å². The standard InChI is InChI=1S/C20H31N7/c1-21-20(23-9-6-14-27-15-7-10-25-27)24-17-18-8-11-22-19(16-18)26-12-4-2-3-5-13-26/h7-8,10-11,15-16H,2-6,9,12-14,17H2,1H3,(H2,21,23,24). The molecule has 2 aromatic rings. The number of aliphatic imine (C=N–C) groups is 1. The molecule has 3 rings (SSSR count). The summed E-state index contributed by atoms with van der Waals surface area (Å²) in [5, 5.41) is 11.0. The summed E-state index contributed by atoms with van der Waals surface area (Å²) >= 11 is 0. The average Bonchev–Trinajstić information content (AvgIpc) is 3.07. The Morgan fingerprint density at radius 1 is 1.15 bits per heavy atom. The maximum absolute atomic E-state index is 4.58. The van der Waals surface area contributed by atoms with Gasteiger partial charge < -0.3 is 15.5 Å². The lowest BCUT2D eigenvalue weighted by Gasteiger charge is -2.22. The first-order valence-electron chi connectivity index (χ1n) is 9.97. The highest BCUT2D eigenvalue weighted by molar-refractivity contribution is 5.79. The molecule has 0 saturated carbocycles. The fraction of sp³-hybridized carbons (Fsp3) is 0.550. The second kappa shape index (κ2) is 10.5. The average molecular weight is 370 g/mol. The number of aryl methyl sites for hydroxylation is 1. The zero-order chi connectivity index (χ0) is 18.7. The summed E-state index contributed by atoms with van der Waals surface area (Å²) in [6.45, 7) is 4.73. The maximum atomic E-state index is 4.58. The molecule has 146 valence electrons. The molecule has 7 heteroatoms. The van der Waals surface area contributed by atoms with Crippen LogP contribution in [-0.4, -0.2) is 47.4 Å². The van der Waals surface area contributed by atoms with Gasteiger partial charge in [-0.25, -0.2) is 4.98 Å². The summed E-state index contributed by atoms with van der Waals surface area (Å²) in [4.78, 5) is 11.3. The first kappa shape index (κ1) is 19.2. The third kappa shape index (κ3) is 6.27. The second-order valence-corrected chi connectivity index (χ2v) is 6.90. The minimum Gasteiger partial charge on any atom is -0.357 e. The van der Waals surface area contributed by atoms with Crippen molar-refractivity contribution in [3.63, 3.8) is 0 Å². The van der Waals surface area contributed by atoms with Gasteiger partial charge in [0, 0.05) is 58.4 Å². The third-order valence-corrected chi connectivity index (χ3v) is 4.84. The molecule has 1 fully saturated rings. The van der Waals surface area contributed by atoms with E-state index < -0.39 is 0 Å². The quantitative estimate of drug-likeness (QED) is 0.446. The molecule has 1 saturated heterocycles. The van der Waals surface area contributed by atoms with E-state index in [0.29, 0.717) is 0 Å². The molecule has 7 nitrogen and oxygen atoms in total. The van der Waals surface area contributed by atoms with Crippen LogP contribution in [0.3, 0.4) is 0 Å². The van der Waals surface area contributed by atoms with Gasteiger partial charge in [-0.2, -0.15) is 5.10 Å². The number of pyridine rings is 1. The van der Waals surface area contributed by atoms with Crippen molar-refractivity contribution in [2.75, 3.05) is 31.6 Å². The summed E-state index contributed by atoms with van der Waals surface area (Å²) in [7, 11) is 1.80. The van der Waals surface area contributed by atoms with E-state index >= 15 is 0 Å². The maximum Gasteiger partial charge on any atom is 0.191 e. The summed E-state index contributed by atoms with van der Waals surface area (Å²) in [6.07, 6.45) is 11.9. The molecule has 1 aliphatic heterocycles. The number of nitrogens with zero attached hydrogens (tertiary/aromatic N) is 5. The Bertz CT molecular complexity index is 688. The van der Waals surface area contributed by atoms with Gasteiger partial charge in [0.05, 0.1) is 0 Å². The lowest BCUT2D eigenvalue weighted by Crippen LogP contribution is -2.37. The predicted molar refractivity (Wildman–Crippen MR) is 110 cm³/mol. The van der Waals surface area contributed by atoms with E-state index in [-0.39, 0.29) is 0 Å². The van der Waals surface area contributed by atoms with Crippen LogP contribution in [0.1, 0.15) is 37.7 Å². The lowest BCUT2D eigenvalue weighted by molar-refractivity contribution is 0.570. The van der Waals surface area contributed by atoms with Crippen molar-refractivity contribution in [1.82, 2.24) is 25.4 Å². The highest BCUT2D eigenvalue weighted by Crippen LogP contribution is 2.18. The van der Waals surface area contributed by atoms with Gasteiger partial charge in [0.15, 0.2) is 5.96 Å². The molecule has 1 aliphatic rings. The molecular formula is C20H31N7. The van der Waals surface area contributed by atoms with Gasteiger partial charge in [-0.3, -0.25) is 9.67 Å². The largest absolute Gasteiger partial charge is 0.357 e. The van der Waals surface area contributed by atoms with Gasteiger partial charge in [0.2, 0.25) is 0 Å². The van der Waals surface area contributed by atoms with Crippen molar-refractivity contribution in [1.29, 1.82) is 0 Å². The van der Waals surface area contributed by atoms with E-state index in [0.717, 1.165) is 50.9 Å². The zero-order valence-electron chi connectivity index (χ0n) is 16.3. The van der Waals surface area contributed by atoms with E-state index in [1.54, 1.807) is 7.05 Å². The van der Waals surface area contributed by atoms with Crippen molar-refractivity contribution < 1.29 is 0 Å². The van der Waals surface area contributed by atoms with E-state index in [4.69, 9.17) is 0 Å². The molecule has 2 aromatic heterocycles. The Labute approximate surface area is 161 Å². The first-order chi connectivity index (χ1) is 13.3. The third-order valence-electron chi connectivity index (χ3n) is 4.84.